The maximum Gasteiger partial charge on any atom is 0.354 e. The van der Waals surface area contributed by atoms with E-state index >= 15 is 0 Å². The van der Waals surface area contributed by atoms with Crippen LogP contribution in [-0.4, -0.2) is 23.2 Å². The molecule has 0 aliphatic heterocycles. The SMILES string of the molecule is COc1cccc(CNc2nc(C(=O)O)ccc2N)c1. The fourth-order valence-corrected chi connectivity index (χ4v) is 1.70. The Morgan fingerprint density at radius 3 is 2.90 bits per heavy atom. The van der Waals surface area contributed by atoms with Gasteiger partial charge >= 0.3 is 5.97 Å². The third kappa shape index (κ3) is 3.17. The Labute approximate surface area is 116 Å². The van der Waals surface area contributed by atoms with Gasteiger partial charge < -0.3 is 20.9 Å². The van der Waals surface area contributed by atoms with Crippen LogP contribution in [0.15, 0.2) is 36.4 Å². The molecule has 20 heavy (non-hydrogen) atoms. The Hall–Kier alpha value is -2.76. The largest absolute Gasteiger partial charge is 0.497 e. The molecule has 104 valence electrons. The Morgan fingerprint density at radius 1 is 1.40 bits per heavy atom. The first-order valence-electron chi connectivity index (χ1n) is 5.97. The summed E-state index contributed by atoms with van der Waals surface area (Å²) in [6, 6.07) is 10.4. The van der Waals surface area contributed by atoms with Gasteiger partial charge in [-0.05, 0) is 29.8 Å². The fourth-order valence-electron chi connectivity index (χ4n) is 1.70. The zero-order chi connectivity index (χ0) is 14.5. The molecule has 0 spiro atoms. The standard InChI is InChI=1S/C14H15N3O3/c1-20-10-4-2-3-9(7-10)8-16-13-11(15)5-6-12(17-13)14(18)19/h2-7H,8,15H2,1H3,(H,16,17)(H,18,19). The lowest BCUT2D eigenvalue weighted by molar-refractivity contribution is 0.0690. The average Bonchev–Trinajstić information content (AvgIpc) is 2.46. The number of pyridine rings is 1. The van der Waals surface area contributed by atoms with Crippen molar-refractivity contribution in [1.82, 2.24) is 4.98 Å². The maximum atomic E-state index is 10.9. The highest BCUT2D eigenvalue weighted by atomic mass is 16.5. The minimum Gasteiger partial charge on any atom is -0.497 e. The number of hydrogen-bond acceptors (Lipinski definition) is 5. The van der Waals surface area contributed by atoms with E-state index in [1.807, 2.05) is 24.3 Å². The topological polar surface area (TPSA) is 97.5 Å². The minimum atomic E-state index is -1.09. The van der Waals surface area contributed by atoms with Crippen molar-refractivity contribution < 1.29 is 14.6 Å². The highest BCUT2D eigenvalue weighted by Crippen LogP contribution is 2.18. The van der Waals surface area contributed by atoms with Crippen LogP contribution in [0.25, 0.3) is 0 Å². The molecule has 2 aromatic rings. The number of rotatable bonds is 5. The normalized spacial score (nSPS) is 10.1. The van der Waals surface area contributed by atoms with Crippen LogP contribution in [0, 0.1) is 0 Å². The molecule has 0 saturated heterocycles. The van der Waals surface area contributed by atoms with E-state index in [-0.39, 0.29) is 5.69 Å². The molecule has 0 saturated carbocycles. The summed E-state index contributed by atoms with van der Waals surface area (Å²) in [5, 5.41) is 11.9. The molecule has 2 rings (SSSR count). The smallest absolute Gasteiger partial charge is 0.354 e. The number of ether oxygens (including phenoxy) is 1. The van der Waals surface area contributed by atoms with Crippen molar-refractivity contribution in [2.75, 3.05) is 18.2 Å². The zero-order valence-corrected chi connectivity index (χ0v) is 11.0. The number of nitrogen functional groups attached to an aromatic ring is 1. The van der Waals surface area contributed by atoms with Gasteiger partial charge in [0.2, 0.25) is 0 Å². The van der Waals surface area contributed by atoms with Crippen molar-refractivity contribution in [1.29, 1.82) is 0 Å². The maximum absolute atomic E-state index is 10.9. The van der Waals surface area contributed by atoms with E-state index in [4.69, 9.17) is 15.6 Å². The lowest BCUT2D eigenvalue weighted by Crippen LogP contribution is -2.08. The summed E-state index contributed by atoms with van der Waals surface area (Å²) in [5.41, 5.74) is 7.10. The van der Waals surface area contributed by atoms with E-state index < -0.39 is 5.97 Å². The van der Waals surface area contributed by atoms with Gasteiger partial charge in [0, 0.05) is 6.54 Å². The van der Waals surface area contributed by atoms with Gasteiger partial charge in [0.25, 0.3) is 0 Å². The van der Waals surface area contributed by atoms with E-state index in [2.05, 4.69) is 10.3 Å². The van der Waals surface area contributed by atoms with E-state index in [0.29, 0.717) is 18.1 Å². The van der Waals surface area contributed by atoms with Crippen molar-refractivity contribution in [3.05, 3.63) is 47.7 Å². The van der Waals surface area contributed by atoms with Crippen molar-refractivity contribution in [3.8, 4) is 5.75 Å². The van der Waals surface area contributed by atoms with Crippen molar-refractivity contribution in [2.45, 2.75) is 6.54 Å². The Bertz CT molecular complexity index is 629. The molecule has 1 aromatic carbocycles. The van der Waals surface area contributed by atoms with Crippen LogP contribution in [0.4, 0.5) is 11.5 Å². The number of aromatic nitrogens is 1. The molecular weight excluding hydrogens is 258 g/mol. The van der Waals surface area contributed by atoms with Crippen LogP contribution in [-0.2, 0) is 6.54 Å². The molecule has 0 radical (unpaired) electrons. The van der Waals surface area contributed by atoms with Crippen molar-refractivity contribution in [2.24, 2.45) is 0 Å². The molecule has 0 fully saturated rings. The number of nitrogens with zero attached hydrogens (tertiary/aromatic N) is 1. The quantitative estimate of drug-likeness (QED) is 0.770. The van der Waals surface area contributed by atoms with Crippen LogP contribution in [0.1, 0.15) is 16.1 Å². The second-order valence-electron chi connectivity index (χ2n) is 4.14. The fraction of sp³-hybridized carbons (Fsp3) is 0.143. The first kappa shape index (κ1) is 13.7. The predicted octanol–water partition coefficient (Wildman–Crippen LogP) is 1.98. The van der Waals surface area contributed by atoms with Crippen molar-refractivity contribution >= 4 is 17.5 Å². The number of benzene rings is 1. The first-order chi connectivity index (χ1) is 9.60. The van der Waals surface area contributed by atoms with Gasteiger partial charge in [0.15, 0.2) is 5.69 Å². The molecule has 0 amide bonds. The van der Waals surface area contributed by atoms with Crippen molar-refractivity contribution in [3.63, 3.8) is 0 Å². The van der Waals surface area contributed by atoms with Crippen LogP contribution in [0.3, 0.4) is 0 Å². The van der Waals surface area contributed by atoms with Crippen LogP contribution in [0.5, 0.6) is 5.75 Å². The average molecular weight is 273 g/mol. The minimum absolute atomic E-state index is 0.0488. The summed E-state index contributed by atoms with van der Waals surface area (Å²) in [4.78, 5) is 14.8. The number of carbonyl (C=O) groups is 1. The van der Waals surface area contributed by atoms with Gasteiger partial charge in [-0.1, -0.05) is 12.1 Å². The molecule has 0 aliphatic rings. The van der Waals surface area contributed by atoms with Crippen LogP contribution in [0.2, 0.25) is 0 Å². The molecule has 0 atom stereocenters. The lowest BCUT2D eigenvalue weighted by Gasteiger charge is -2.10. The predicted molar refractivity (Wildman–Crippen MR) is 75.9 cm³/mol. The summed E-state index contributed by atoms with van der Waals surface area (Å²) in [7, 11) is 1.60. The molecule has 1 aromatic heterocycles. The molecule has 0 aliphatic carbocycles. The van der Waals surface area contributed by atoms with Gasteiger partial charge in [-0.2, -0.15) is 0 Å². The summed E-state index contributed by atoms with van der Waals surface area (Å²) < 4.78 is 5.14. The second-order valence-corrected chi connectivity index (χ2v) is 4.14. The van der Waals surface area contributed by atoms with Crippen LogP contribution < -0.4 is 15.8 Å². The van der Waals surface area contributed by atoms with Gasteiger partial charge in [-0.3, -0.25) is 0 Å². The summed E-state index contributed by atoms with van der Waals surface area (Å²) in [6.07, 6.45) is 0. The van der Waals surface area contributed by atoms with E-state index in [9.17, 15) is 4.79 Å². The third-order valence-corrected chi connectivity index (χ3v) is 2.74. The van der Waals surface area contributed by atoms with Crippen LogP contribution >= 0.6 is 0 Å². The van der Waals surface area contributed by atoms with Gasteiger partial charge in [0.1, 0.15) is 11.6 Å². The molecular formula is C14H15N3O3. The third-order valence-electron chi connectivity index (χ3n) is 2.74. The highest BCUT2D eigenvalue weighted by molar-refractivity contribution is 5.86. The van der Waals surface area contributed by atoms with Gasteiger partial charge in [0.05, 0.1) is 12.8 Å². The van der Waals surface area contributed by atoms with Gasteiger partial charge in [-0.25, -0.2) is 9.78 Å². The van der Waals surface area contributed by atoms with Gasteiger partial charge in [-0.15, -0.1) is 0 Å². The van der Waals surface area contributed by atoms with E-state index in [0.717, 1.165) is 11.3 Å². The second kappa shape index (κ2) is 5.92. The lowest BCUT2D eigenvalue weighted by atomic mass is 10.2. The van der Waals surface area contributed by atoms with E-state index in [1.54, 1.807) is 7.11 Å². The Kier molecular flexibility index (Phi) is 4.05. The number of anilines is 2. The first-order valence-corrected chi connectivity index (χ1v) is 5.97. The van der Waals surface area contributed by atoms with E-state index in [1.165, 1.54) is 12.1 Å². The summed E-state index contributed by atoms with van der Waals surface area (Å²) >= 11 is 0. The summed E-state index contributed by atoms with van der Waals surface area (Å²) in [5.74, 6) is 0.0201. The number of aromatic carboxylic acids is 1. The number of nitrogens with one attached hydrogen (secondary N) is 1. The molecule has 4 N–H and O–H groups in total. The number of nitrogens with two attached hydrogens (primary N) is 1. The molecule has 6 heteroatoms. The zero-order valence-electron chi connectivity index (χ0n) is 11.0. The number of methoxy groups -OCH3 is 1. The highest BCUT2D eigenvalue weighted by Gasteiger charge is 2.08. The number of hydrogen-bond donors (Lipinski definition) is 3. The Balaban J connectivity index is 2.13. The molecule has 0 unspecified atom stereocenters. The monoisotopic (exact) mass is 273 g/mol. The molecule has 6 nitrogen and oxygen atoms in total. The molecule has 0 bridgehead atoms. The summed E-state index contributed by atoms with van der Waals surface area (Å²) in [6.45, 7) is 0.470. The Morgan fingerprint density at radius 2 is 2.20 bits per heavy atom. The number of carboxylic acids is 1. The number of carboxylic acid groups (broad SMARTS) is 1. The molecule has 1 heterocycles.